The Hall–Kier alpha value is -1.46. The Morgan fingerprint density at radius 2 is 2.14 bits per heavy atom. The van der Waals surface area contributed by atoms with Gasteiger partial charge in [0.2, 0.25) is 0 Å². The van der Waals surface area contributed by atoms with Gasteiger partial charge in [-0.05, 0) is 36.8 Å². The number of ether oxygens (including phenoxy) is 1. The van der Waals surface area contributed by atoms with Crippen molar-refractivity contribution in [3.8, 4) is 5.75 Å². The van der Waals surface area contributed by atoms with Crippen molar-refractivity contribution < 1.29 is 9.13 Å². The highest BCUT2D eigenvalue weighted by Crippen LogP contribution is 2.18. The first-order chi connectivity index (χ1) is 10.1. The maximum atomic E-state index is 13.6. The summed E-state index contributed by atoms with van der Waals surface area (Å²) in [4.78, 5) is 4.31. The van der Waals surface area contributed by atoms with E-state index in [9.17, 15) is 4.39 Å². The summed E-state index contributed by atoms with van der Waals surface area (Å²) in [5.41, 5.74) is 7.33. The van der Waals surface area contributed by atoms with Gasteiger partial charge in [-0.25, -0.2) is 4.39 Å². The zero-order chi connectivity index (χ0) is 15.2. The minimum Gasteiger partial charge on any atom is -0.487 e. The first-order valence-corrected chi connectivity index (χ1v) is 7.65. The minimum absolute atomic E-state index is 0.125. The average molecular weight is 353 g/mol. The van der Waals surface area contributed by atoms with E-state index >= 15 is 0 Å². The van der Waals surface area contributed by atoms with Crippen molar-refractivity contribution in [2.45, 2.75) is 32.4 Å². The van der Waals surface area contributed by atoms with Crippen LogP contribution in [0.25, 0.3) is 0 Å². The molecule has 1 aromatic heterocycles. The number of hydrogen-bond acceptors (Lipinski definition) is 3. The number of halogens is 2. The molecule has 2 aromatic rings. The van der Waals surface area contributed by atoms with Gasteiger partial charge in [-0.1, -0.05) is 22.9 Å². The van der Waals surface area contributed by atoms with Crippen LogP contribution in [0.3, 0.4) is 0 Å². The first kappa shape index (κ1) is 15.9. The van der Waals surface area contributed by atoms with Crippen molar-refractivity contribution in [2.75, 3.05) is 0 Å². The van der Waals surface area contributed by atoms with Gasteiger partial charge in [0.25, 0.3) is 0 Å². The van der Waals surface area contributed by atoms with Crippen LogP contribution in [-0.2, 0) is 13.0 Å². The predicted molar refractivity (Wildman–Crippen MR) is 84.6 cm³/mol. The lowest BCUT2D eigenvalue weighted by molar-refractivity contribution is 0.298. The Balaban J connectivity index is 1.96. The van der Waals surface area contributed by atoms with Crippen LogP contribution in [-0.4, -0.2) is 11.0 Å². The second-order valence-corrected chi connectivity index (χ2v) is 5.80. The van der Waals surface area contributed by atoms with E-state index in [1.807, 2.05) is 12.1 Å². The zero-order valence-corrected chi connectivity index (χ0v) is 13.4. The number of nitrogens with two attached hydrogens (primary N) is 1. The van der Waals surface area contributed by atoms with E-state index in [0.717, 1.165) is 23.0 Å². The summed E-state index contributed by atoms with van der Waals surface area (Å²) >= 11 is 3.32. The summed E-state index contributed by atoms with van der Waals surface area (Å²) in [5.74, 6) is 0.333. The van der Waals surface area contributed by atoms with E-state index in [4.69, 9.17) is 10.5 Å². The van der Waals surface area contributed by atoms with Crippen LogP contribution in [0.4, 0.5) is 4.39 Å². The molecule has 1 heterocycles. The molecule has 2 N–H and O–H groups in total. The molecule has 21 heavy (non-hydrogen) atoms. The smallest absolute Gasteiger partial charge is 0.138 e. The van der Waals surface area contributed by atoms with Crippen LogP contribution < -0.4 is 10.5 Å². The molecule has 0 saturated carbocycles. The predicted octanol–water partition coefficient (Wildman–Crippen LogP) is 3.84. The van der Waals surface area contributed by atoms with Gasteiger partial charge in [-0.3, -0.25) is 4.98 Å². The fourth-order valence-electron chi connectivity index (χ4n) is 1.85. The van der Waals surface area contributed by atoms with Crippen molar-refractivity contribution in [1.82, 2.24) is 4.98 Å². The Morgan fingerprint density at radius 3 is 2.81 bits per heavy atom. The molecule has 1 atom stereocenters. The summed E-state index contributed by atoms with van der Waals surface area (Å²) < 4.78 is 20.0. The number of aromatic nitrogens is 1. The van der Waals surface area contributed by atoms with Crippen LogP contribution in [0.1, 0.15) is 24.6 Å². The average Bonchev–Trinajstić information content (AvgIpc) is 2.49. The van der Waals surface area contributed by atoms with E-state index in [0.29, 0.717) is 11.3 Å². The van der Waals surface area contributed by atoms with E-state index in [-0.39, 0.29) is 18.5 Å². The molecular formula is C16H18BrFN2O. The first-order valence-electron chi connectivity index (χ1n) is 6.85. The highest BCUT2D eigenvalue weighted by molar-refractivity contribution is 9.10. The van der Waals surface area contributed by atoms with E-state index in [1.165, 1.54) is 6.07 Å². The van der Waals surface area contributed by atoms with E-state index < -0.39 is 0 Å². The molecule has 0 spiro atoms. The molecule has 112 valence electrons. The molecule has 0 aliphatic heterocycles. The topological polar surface area (TPSA) is 48.1 Å². The number of rotatable bonds is 6. The normalized spacial score (nSPS) is 12.2. The summed E-state index contributed by atoms with van der Waals surface area (Å²) in [5, 5.41) is 0. The van der Waals surface area contributed by atoms with Gasteiger partial charge >= 0.3 is 0 Å². The Kier molecular flexibility index (Phi) is 5.70. The molecule has 0 saturated heterocycles. The minimum atomic E-state index is -0.281. The van der Waals surface area contributed by atoms with Crippen molar-refractivity contribution >= 4 is 15.9 Å². The van der Waals surface area contributed by atoms with Crippen LogP contribution in [0.15, 0.2) is 41.0 Å². The van der Waals surface area contributed by atoms with E-state index in [2.05, 4.69) is 27.8 Å². The van der Waals surface area contributed by atoms with Crippen LogP contribution in [0, 0.1) is 5.82 Å². The number of benzene rings is 1. The SMILES string of the molecule is CCC(N)Cc1ccc(OCc2cc(Br)ccc2F)cn1. The molecule has 0 amide bonds. The number of hydrogen-bond donors (Lipinski definition) is 1. The standard InChI is InChI=1S/C16H18BrFN2O/c1-2-13(19)8-14-4-5-15(9-20-14)21-10-11-7-12(17)3-6-16(11)18/h3-7,9,13H,2,8,10,19H2,1H3. The molecule has 0 radical (unpaired) electrons. The lowest BCUT2D eigenvalue weighted by Gasteiger charge is -2.10. The van der Waals surface area contributed by atoms with Crippen LogP contribution >= 0.6 is 15.9 Å². The highest BCUT2D eigenvalue weighted by Gasteiger charge is 2.06. The molecule has 1 unspecified atom stereocenters. The van der Waals surface area contributed by atoms with Crippen molar-refractivity contribution in [3.63, 3.8) is 0 Å². The second-order valence-electron chi connectivity index (χ2n) is 4.88. The molecule has 5 heteroatoms. The molecule has 0 bridgehead atoms. The van der Waals surface area contributed by atoms with Gasteiger partial charge < -0.3 is 10.5 Å². The fourth-order valence-corrected chi connectivity index (χ4v) is 2.25. The molecule has 0 aliphatic carbocycles. The second kappa shape index (κ2) is 7.52. The Bertz CT molecular complexity index is 589. The number of nitrogens with zero attached hydrogens (tertiary/aromatic N) is 1. The monoisotopic (exact) mass is 352 g/mol. The molecule has 0 aliphatic rings. The molecular weight excluding hydrogens is 335 g/mol. The van der Waals surface area contributed by atoms with Crippen molar-refractivity contribution in [2.24, 2.45) is 5.73 Å². The van der Waals surface area contributed by atoms with Gasteiger partial charge in [0.05, 0.1) is 6.20 Å². The third-order valence-electron chi connectivity index (χ3n) is 3.20. The van der Waals surface area contributed by atoms with Gasteiger partial charge in [-0.2, -0.15) is 0 Å². The lowest BCUT2D eigenvalue weighted by Crippen LogP contribution is -2.21. The highest BCUT2D eigenvalue weighted by atomic mass is 79.9. The summed E-state index contributed by atoms with van der Waals surface area (Å²) in [6, 6.07) is 8.63. The van der Waals surface area contributed by atoms with Gasteiger partial charge in [0.15, 0.2) is 0 Å². The Morgan fingerprint density at radius 1 is 1.33 bits per heavy atom. The largest absolute Gasteiger partial charge is 0.487 e. The summed E-state index contributed by atoms with van der Waals surface area (Å²) in [7, 11) is 0. The van der Waals surface area contributed by atoms with E-state index in [1.54, 1.807) is 18.3 Å². The fraction of sp³-hybridized carbons (Fsp3) is 0.312. The van der Waals surface area contributed by atoms with Gasteiger partial charge in [0.1, 0.15) is 18.2 Å². The lowest BCUT2D eigenvalue weighted by atomic mass is 10.1. The van der Waals surface area contributed by atoms with Gasteiger partial charge in [0, 0.05) is 28.2 Å². The quantitative estimate of drug-likeness (QED) is 0.858. The van der Waals surface area contributed by atoms with Crippen molar-refractivity contribution in [1.29, 1.82) is 0 Å². The maximum Gasteiger partial charge on any atom is 0.138 e. The van der Waals surface area contributed by atoms with Crippen LogP contribution in [0.5, 0.6) is 5.75 Å². The molecule has 1 aromatic carbocycles. The molecule has 3 nitrogen and oxygen atoms in total. The number of pyridine rings is 1. The Labute approximate surface area is 132 Å². The maximum absolute atomic E-state index is 13.6. The third kappa shape index (κ3) is 4.79. The van der Waals surface area contributed by atoms with Gasteiger partial charge in [-0.15, -0.1) is 0 Å². The van der Waals surface area contributed by atoms with Crippen molar-refractivity contribution in [3.05, 3.63) is 58.1 Å². The zero-order valence-electron chi connectivity index (χ0n) is 11.9. The summed E-state index contributed by atoms with van der Waals surface area (Å²) in [6.45, 7) is 2.22. The van der Waals surface area contributed by atoms with Crippen LogP contribution in [0.2, 0.25) is 0 Å². The summed E-state index contributed by atoms with van der Waals surface area (Å²) in [6.07, 6.45) is 3.31. The molecule has 0 fully saturated rings. The molecule has 2 rings (SSSR count). The third-order valence-corrected chi connectivity index (χ3v) is 3.69.